The highest BCUT2D eigenvalue weighted by Crippen LogP contribution is 2.21. The summed E-state index contributed by atoms with van der Waals surface area (Å²) in [4.78, 5) is 22.4. The van der Waals surface area contributed by atoms with E-state index in [2.05, 4.69) is 26.6 Å². The fourth-order valence-electron chi connectivity index (χ4n) is 1.55. The van der Waals surface area contributed by atoms with Crippen LogP contribution in [0.3, 0.4) is 0 Å². The van der Waals surface area contributed by atoms with Gasteiger partial charge in [0.15, 0.2) is 0 Å². The van der Waals surface area contributed by atoms with Gasteiger partial charge in [-0.25, -0.2) is 4.39 Å². The number of rotatable bonds is 1. The molecular formula is C10H8BrFN2O2. The maximum atomic E-state index is 13.1. The molecule has 1 aliphatic rings. The Morgan fingerprint density at radius 2 is 2.06 bits per heavy atom. The summed E-state index contributed by atoms with van der Waals surface area (Å²) in [6, 6.07) is 3.51. The molecule has 2 amide bonds. The maximum absolute atomic E-state index is 13.1. The van der Waals surface area contributed by atoms with Crippen LogP contribution in [0.15, 0.2) is 22.7 Å². The van der Waals surface area contributed by atoms with Crippen molar-refractivity contribution in [2.24, 2.45) is 0 Å². The predicted octanol–water partition coefficient (Wildman–Crippen LogP) is 0.875. The molecular weight excluding hydrogens is 279 g/mol. The Morgan fingerprint density at radius 1 is 1.31 bits per heavy atom. The van der Waals surface area contributed by atoms with E-state index in [0.717, 1.165) is 0 Å². The topological polar surface area (TPSA) is 58.2 Å². The normalized spacial score (nSPS) is 20.8. The van der Waals surface area contributed by atoms with Crippen LogP contribution < -0.4 is 10.6 Å². The van der Waals surface area contributed by atoms with Crippen LogP contribution in [-0.4, -0.2) is 18.4 Å². The maximum Gasteiger partial charge on any atom is 0.248 e. The molecule has 0 saturated carbocycles. The molecule has 2 N–H and O–H groups in total. The summed E-state index contributed by atoms with van der Waals surface area (Å²) in [5.74, 6) is -1.28. The summed E-state index contributed by atoms with van der Waals surface area (Å²) < 4.78 is 13.7. The van der Waals surface area contributed by atoms with Gasteiger partial charge < -0.3 is 0 Å². The molecule has 0 radical (unpaired) electrons. The van der Waals surface area contributed by atoms with Crippen LogP contribution in [0.2, 0.25) is 0 Å². The van der Waals surface area contributed by atoms with E-state index in [1.807, 2.05) is 0 Å². The van der Waals surface area contributed by atoms with Gasteiger partial charge in [-0.15, -0.1) is 0 Å². The Bertz CT molecular complexity index is 444. The minimum Gasteiger partial charge on any atom is -0.294 e. The van der Waals surface area contributed by atoms with E-state index in [1.54, 1.807) is 6.07 Å². The molecule has 1 saturated heterocycles. The zero-order valence-corrected chi connectivity index (χ0v) is 9.67. The monoisotopic (exact) mass is 286 g/mol. The standard InChI is InChI=1S/C10H8BrFN2O2/c11-6-1-5(2-7(12)3-6)9-10(16)14-8(15)4-13-9/h1-3,9,13H,4H2,(H,14,15,16). The van der Waals surface area contributed by atoms with Gasteiger partial charge >= 0.3 is 0 Å². The molecule has 6 heteroatoms. The molecule has 1 unspecified atom stereocenters. The molecule has 1 aromatic carbocycles. The number of imide groups is 1. The van der Waals surface area contributed by atoms with Crippen LogP contribution in [0.25, 0.3) is 0 Å². The van der Waals surface area contributed by atoms with E-state index >= 15 is 0 Å². The van der Waals surface area contributed by atoms with Gasteiger partial charge in [-0.1, -0.05) is 15.9 Å². The zero-order chi connectivity index (χ0) is 11.7. The van der Waals surface area contributed by atoms with E-state index in [9.17, 15) is 14.0 Å². The molecule has 0 spiro atoms. The average molecular weight is 287 g/mol. The molecule has 0 bridgehead atoms. The molecule has 1 heterocycles. The van der Waals surface area contributed by atoms with Gasteiger partial charge in [0, 0.05) is 4.47 Å². The Labute approximate surface area is 99.3 Å². The highest BCUT2D eigenvalue weighted by Gasteiger charge is 2.27. The van der Waals surface area contributed by atoms with Gasteiger partial charge in [-0.3, -0.25) is 20.2 Å². The number of hydrogen-bond acceptors (Lipinski definition) is 3. The van der Waals surface area contributed by atoms with Crippen molar-refractivity contribution in [3.05, 3.63) is 34.1 Å². The molecule has 1 fully saturated rings. The van der Waals surface area contributed by atoms with Crippen LogP contribution in [0, 0.1) is 5.82 Å². The number of hydrogen-bond donors (Lipinski definition) is 2. The van der Waals surface area contributed by atoms with Gasteiger partial charge in [0.1, 0.15) is 11.9 Å². The predicted molar refractivity (Wildman–Crippen MR) is 58.0 cm³/mol. The third kappa shape index (κ3) is 2.28. The van der Waals surface area contributed by atoms with Crippen molar-refractivity contribution in [3.8, 4) is 0 Å². The van der Waals surface area contributed by atoms with Gasteiger partial charge in [0.2, 0.25) is 11.8 Å². The first-order chi connectivity index (χ1) is 7.56. The third-order valence-corrected chi connectivity index (χ3v) is 2.67. The molecule has 2 rings (SSSR count). The summed E-state index contributed by atoms with van der Waals surface area (Å²) in [7, 11) is 0. The largest absolute Gasteiger partial charge is 0.294 e. The average Bonchev–Trinajstić information content (AvgIpc) is 2.15. The number of piperazine rings is 1. The van der Waals surface area contributed by atoms with E-state index < -0.39 is 17.8 Å². The lowest BCUT2D eigenvalue weighted by Gasteiger charge is -2.22. The van der Waals surface area contributed by atoms with Crippen LogP contribution in [0.4, 0.5) is 4.39 Å². The van der Waals surface area contributed by atoms with Gasteiger partial charge in [-0.2, -0.15) is 0 Å². The summed E-state index contributed by atoms with van der Waals surface area (Å²) in [5.41, 5.74) is 0.483. The molecule has 1 aromatic rings. The number of benzene rings is 1. The van der Waals surface area contributed by atoms with Crippen molar-refractivity contribution in [1.82, 2.24) is 10.6 Å². The van der Waals surface area contributed by atoms with E-state index in [4.69, 9.17) is 0 Å². The summed E-state index contributed by atoms with van der Waals surface area (Å²) in [6.07, 6.45) is 0. The van der Waals surface area contributed by atoms with Crippen molar-refractivity contribution in [2.45, 2.75) is 6.04 Å². The zero-order valence-electron chi connectivity index (χ0n) is 8.09. The van der Waals surface area contributed by atoms with Crippen LogP contribution in [0.5, 0.6) is 0 Å². The Balaban J connectivity index is 2.30. The number of carbonyl (C=O) groups is 2. The van der Waals surface area contributed by atoms with E-state index in [1.165, 1.54) is 12.1 Å². The second kappa shape index (κ2) is 4.31. The highest BCUT2D eigenvalue weighted by atomic mass is 79.9. The first-order valence-corrected chi connectivity index (χ1v) is 5.38. The third-order valence-electron chi connectivity index (χ3n) is 2.21. The fourth-order valence-corrected chi connectivity index (χ4v) is 2.04. The van der Waals surface area contributed by atoms with Gasteiger partial charge in [0.25, 0.3) is 0 Å². The van der Waals surface area contributed by atoms with Crippen molar-refractivity contribution < 1.29 is 14.0 Å². The second-order valence-electron chi connectivity index (χ2n) is 3.43. The van der Waals surface area contributed by atoms with E-state index in [0.29, 0.717) is 10.0 Å². The fraction of sp³-hybridized carbons (Fsp3) is 0.200. The lowest BCUT2D eigenvalue weighted by molar-refractivity contribution is -0.134. The van der Waals surface area contributed by atoms with Crippen molar-refractivity contribution in [2.75, 3.05) is 6.54 Å². The number of carbonyl (C=O) groups excluding carboxylic acids is 2. The molecule has 4 nitrogen and oxygen atoms in total. The number of nitrogens with one attached hydrogen (secondary N) is 2. The van der Waals surface area contributed by atoms with Crippen molar-refractivity contribution in [3.63, 3.8) is 0 Å². The molecule has 1 aliphatic heterocycles. The summed E-state index contributed by atoms with van der Waals surface area (Å²) in [5, 5.41) is 4.93. The number of amides is 2. The molecule has 1 atom stereocenters. The molecule has 0 aromatic heterocycles. The second-order valence-corrected chi connectivity index (χ2v) is 4.34. The van der Waals surface area contributed by atoms with Crippen LogP contribution in [0.1, 0.15) is 11.6 Å². The summed E-state index contributed by atoms with van der Waals surface area (Å²) in [6.45, 7) is 0.0462. The Morgan fingerprint density at radius 3 is 2.69 bits per heavy atom. The lowest BCUT2D eigenvalue weighted by Crippen LogP contribution is -2.51. The Kier molecular flexibility index (Phi) is 3.02. The molecule has 16 heavy (non-hydrogen) atoms. The van der Waals surface area contributed by atoms with Crippen LogP contribution >= 0.6 is 15.9 Å². The summed E-state index contributed by atoms with van der Waals surface area (Å²) >= 11 is 3.14. The minimum atomic E-state index is -0.690. The van der Waals surface area contributed by atoms with Crippen LogP contribution in [-0.2, 0) is 9.59 Å². The first kappa shape index (κ1) is 11.2. The number of halogens is 2. The lowest BCUT2D eigenvalue weighted by atomic mass is 10.0. The Hall–Kier alpha value is -1.27. The minimum absolute atomic E-state index is 0.0462. The molecule has 84 valence electrons. The smallest absolute Gasteiger partial charge is 0.248 e. The molecule has 0 aliphatic carbocycles. The van der Waals surface area contributed by atoms with Gasteiger partial charge in [-0.05, 0) is 23.8 Å². The highest BCUT2D eigenvalue weighted by molar-refractivity contribution is 9.10. The van der Waals surface area contributed by atoms with E-state index in [-0.39, 0.29) is 12.5 Å². The quantitative estimate of drug-likeness (QED) is 0.754. The van der Waals surface area contributed by atoms with Gasteiger partial charge in [0.05, 0.1) is 6.54 Å². The first-order valence-electron chi connectivity index (χ1n) is 4.59. The van der Waals surface area contributed by atoms with Crippen molar-refractivity contribution >= 4 is 27.7 Å². The van der Waals surface area contributed by atoms with Crippen molar-refractivity contribution in [1.29, 1.82) is 0 Å². The SMILES string of the molecule is O=C1CNC(c2cc(F)cc(Br)c2)C(=O)N1.